The van der Waals surface area contributed by atoms with E-state index in [2.05, 4.69) is 31.0 Å². The number of hydrogen-bond acceptors (Lipinski definition) is 3. The van der Waals surface area contributed by atoms with E-state index in [-0.39, 0.29) is 12.1 Å². The summed E-state index contributed by atoms with van der Waals surface area (Å²) in [7, 11) is 4.07. The quantitative estimate of drug-likeness (QED) is 0.828. The van der Waals surface area contributed by atoms with Gasteiger partial charge in [-0.25, -0.2) is 4.79 Å². The highest BCUT2D eigenvalue weighted by molar-refractivity contribution is 5.87. The molecule has 4 nitrogen and oxygen atoms in total. The molecule has 0 fully saturated rings. The summed E-state index contributed by atoms with van der Waals surface area (Å²) >= 11 is 0. The maximum Gasteiger partial charge on any atom is 0.335 e. The molecule has 0 radical (unpaired) electrons. The van der Waals surface area contributed by atoms with Crippen LogP contribution in [0.4, 0.5) is 0 Å². The average Bonchev–Trinajstić information content (AvgIpc) is 2.28. The number of benzene rings is 1. The van der Waals surface area contributed by atoms with E-state index in [4.69, 9.17) is 5.11 Å². The van der Waals surface area contributed by atoms with Crippen LogP contribution in [0.15, 0.2) is 24.3 Å². The lowest BCUT2D eigenvalue weighted by atomic mass is 9.97. The first-order chi connectivity index (χ1) is 8.82. The molecule has 0 amide bonds. The van der Waals surface area contributed by atoms with Crippen LogP contribution in [-0.4, -0.2) is 42.2 Å². The minimum atomic E-state index is -0.888. The van der Waals surface area contributed by atoms with Gasteiger partial charge in [-0.05, 0) is 38.7 Å². The number of hydrogen-bond donors (Lipinski definition) is 2. The van der Waals surface area contributed by atoms with E-state index in [9.17, 15) is 4.79 Å². The van der Waals surface area contributed by atoms with Crippen molar-refractivity contribution in [3.05, 3.63) is 35.4 Å². The van der Waals surface area contributed by atoms with E-state index in [1.807, 2.05) is 26.2 Å². The topological polar surface area (TPSA) is 52.6 Å². The number of nitrogens with one attached hydrogen (secondary N) is 1. The SMILES string of the molecule is CC(C)N[C@@H](C)[C@H](c1ccc(C(=O)O)cc1)N(C)C. The molecular formula is C15H24N2O2. The first kappa shape index (κ1) is 15.7. The van der Waals surface area contributed by atoms with E-state index in [1.54, 1.807) is 12.1 Å². The van der Waals surface area contributed by atoms with Gasteiger partial charge in [-0.2, -0.15) is 0 Å². The minimum Gasteiger partial charge on any atom is -0.478 e. The monoisotopic (exact) mass is 264 g/mol. The van der Waals surface area contributed by atoms with Gasteiger partial charge in [0.15, 0.2) is 0 Å². The molecule has 0 unspecified atom stereocenters. The summed E-state index contributed by atoms with van der Waals surface area (Å²) in [5.74, 6) is -0.888. The Morgan fingerprint density at radius 3 is 2.05 bits per heavy atom. The number of carboxylic acids is 1. The third-order valence-electron chi connectivity index (χ3n) is 3.13. The fourth-order valence-corrected chi connectivity index (χ4v) is 2.47. The molecule has 2 atom stereocenters. The highest BCUT2D eigenvalue weighted by Gasteiger charge is 2.22. The summed E-state index contributed by atoms with van der Waals surface area (Å²) < 4.78 is 0. The van der Waals surface area contributed by atoms with Gasteiger partial charge in [0, 0.05) is 18.1 Å². The second-order valence-electron chi connectivity index (χ2n) is 5.45. The molecule has 0 aliphatic carbocycles. The van der Waals surface area contributed by atoms with Crippen LogP contribution in [0.1, 0.15) is 42.7 Å². The van der Waals surface area contributed by atoms with Crippen LogP contribution in [0.3, 0.4) is 0 Å². The average molecular weight is 264 g/mol. The molecular weight excluding hydrogens is 240 g/mol. The number of aromatic carboxylic acids is 1. The van der Waals surface area contributed by atoms with Crippen molar-refractivity contribution in [1.29, 1.82) is 0 Å². The third kappa shape index (κ3) is 4.33. The summed E-state index contributed by atoms with van der Waals surface area (Å²) in [6, 6.07) is 8.03. The van der Waals surface area contributed by atoms with Crippen molar-refractivity contribution in [1.82, 2.24) is 10.2 Å². The van der Waals surface area contributed by atoms with E-state index >= 15 is 0 Å². The summed E-state index contributed by atoms with van der Waals surface area (Å²) in [4.78, 5) is 13.0. The Labute approximate surface area is 115 Å². The van der Waals surface area contributed by atoms with Crippen molar-refractivity contribution in [2.45, 2.75) is 38.9 Å². The minimum absolute atomic E-state index is 0.213. The van der Waals surface area contributed by atoms with Gasteiger partial charge >= 0.3 is 5.97 Å². The van der Waals surface area contributed by atoms with Crippen molar-refractivity contribution < 1.29 is 9.90 Å². The second kappa shape index (κ2) is 6.68. The molecule has 2 N–H and O–H groups in total. The second-order valence-corrected chi connectivity index (χ2v) is 5.45. The molecule has 0 saturated carbocycles. The van der Waals surface area contributed by atoms with Crippen LogP contribution in [0.2, 0.25) is 0 Å². The van der Waals surface area contributed by atoms with E-state index in [1.165, 1.54) is 0 Å². The zero-order valence-corrected chi connectivity index (χ0v) is 12.3. The lowest BCUT2D eigenvalue weighted by molar-refractivity contribution is 0.0697. The third-order valence-corrected chi connectivity index (χ3v) is 3.13. The molecule has 1 aromatic rings. The van der Waals surface area contributed by atoms with Crippen molar-refractivity contribution in [2.24, 2.45) is 0 Å². The lowest BCUT2D eigenvalue weighted by Gasteiger charge is -2.32. The first-order valence-electron chi connectivity index (χ1n) is 6.58. The molecule has 19 heavy (non-hydrogen) atoms. The van der Waals surface area contributed by atoms with Crippen molar-refractivity contribution in [3.8, 4) is 0 Å². The van der Waals surface area contributed by atoms with Crippen molar-refractivity contribution >= 4 is 5.97 Å². The molecule has 0 spiro atoms. The molecule has 0 bridgehead atoms. The summed E-state index contributed by atoms with van der Waals surface area (Å²) in [5, 5.41) is 12.4. The Balaban J connectivity index is 2.96. The fourth-order valence-electron chi connectivity index (χ4n) is 2.47. The largest absolute Gasteiger partial charge is 0.478 e. The molecule has 1 rings (SSSR count). The van der Waals surface area contributed by atoms with Gasteiger partial charge in [0.2, 0.25) is 0 Å². The Morgan fingerprint density at radius 1 is 1.16 bits per heavy atom. The Bertz CT molecular complexity index is 413. The summed E-state index contributed by atoms with van der Waals surface area (Å²) in [6.45, 7) is 6.39. The van der Waals surface area contributed by atoms with Gasteiger partial charge in [-0.1, -0.05) is 26.0 Å². The Morgan fingerprint density at radius 2 is 1.68 bits per heavy atom. The van der Waals surface area contributed by atoms with E-state index in [0.717, 1.165) is 5.56 Å². The predicted molar refractivity (Wildman–Crippen MR) is 77.6 cm³/mol. The van der Waals surface area contributed by atoms with E-state index in [0.29, 0.717) is 11.6 Å². The zero-order chi connectivity index (χ0) is 14.6. The van der Waals surface area contributed by atoms with Crippen LogP contribution in [0, 0.1) is 0 Å². The molecule has 106 valence electrons. The molecule has 0 aliphatic rings. The number of carboxylic acid groups (broad SMARTS) is 1. The van der Waals surface area contributed by atoms with Crippen LogP contribution < -0.4 is 5.32 Å². The molecule has 4 heteroatoms. The zero-order valence-electron chi connectivity index (χ0n) is 12.3. The van der Waals surface area contributed by atoms with Crippen LogP contribution in [0.5, 0.6) is 0 Å². The number of nitrogens with zero attached hydrogens (tertiary/aromatic N) is 1. The first-order valence-corrected chi connectivity index (χ1v) is 6.58. The fraction of sp³-hybridized carbons (Fsp3) is 0.533. The van der Waals surface area contributed by atoms with Crippen molar-refractivity contribution in [2.75, 3.05) is 14.1 Å². The highest BCUT2D eigenvalue weighted by Crippen LogP contribution is 2.23. The molecule has 0 saturated heterocycles. The van der Waals surface area contributed by atoms with Crippen LogP contribution in [0.25, 0.3) is 0 Å². The van der Waals surface area contributed by atoms with Crippen molar-refractivity contribution in [3.63, 3.8) is 0 Å². The maximum atomic E-state index is 10.9. The maximum absolute atomic E-state index is 10.9. The Hall–Kier alpha value is -1.39. The number of carbonyl (C=O) groups is 1. The van der Waals surface area contributed by atoms with Gasteiger partial charge < -0.3 is 15.3 Å². The summed E-state index contributed by atoms with van der Waals surface area (Å²) in [5.41, 5.74) is 1.45. The van der Waals surface area contributed by atoms with Gasteiger partial charge in [0.1, 0.15) is 0 Å². The van der Waals surface area contributed by atoms with E-state index < -0.39 is 5.97 Å². The lowest BCUT2D eigenvalue weighted by Crippen LogP contribution is -2.42. The van der Waals surface area contributed by atoms with Gasteiger partial charge in [-0.15, -0.1) is 0 Å². The van der Waals surface area contributed by atoms with Crippen LogP contribution >= 0.6 is 0 Å². The van der Waals surface area contributed by atoms with Gasteiger partial charge in [0.05, 0.1) is 5.56 Å². The number of likely N-dealkylation sites (N-methyl/N-ethyl adjacent to an activating group) is 1. The Kier molecular flexibility index (Phi) is 5.51. The van der Waals surface area contributed by atoms with Crippen LogP contribution in [-0.2, 0) is 0 Å². The molecule has 0 heterocycles. The predicted octanol–water partition coefficient (Wildman–Crippen LogP) is 2.37. The highest BCUT2D eigenvalue weighted by atomic mass is 16.4. The molecule has 0 aromatic heterocycles. The molecule has 1 aromatic carbocycles. The van der Waals surface area contributed by atoms with Gasteiger partial charge in [0.25, 0.3) is 0 Å². The van der Waals surface area contributed by atoms with Gasteiger partial charge in [-0.3, -0.25) is 0 Å². The standard InChI is InChI=1S/C15H24N2O2/c1-10(2)16-11(3)14(17(4)5)12-6-8-13(9-7-12)15(18)19/h6-11,14,16H,1-5H3,(H,18,19)/t11-,14+/m0/s1. The number of rotatable bonds is 6. The summed E-state index contributed by atoms with van der Waals surface area (Å²) in [6.07, 6.45) is 0. The normalized spacial score (nSPS) is 14.7. The smallest absolute Gasteiger partial charge is 0.335 e. The molecule has 0 aliphatic heterocycles.